The number of aromatic amines is 1. The lowest BCUT2D eigenvalue weighted by Gasteiger charge is -2.30. The van der Waals surface area contributed by atoms with E-state index in [0.29, 0.717) is 36.6 Å². The fraction of sp³-hybridized carbons (Fsp3) is 0.375. The van der Waals surface area contributed by atoms with Crippen LogP contribution in [0.5, 0.6) is 0 Å². The Balaban J connectivity index is 1.61. The van der Waals surface area contributed by atoms with Crippen molar-refractivity contribution in [2.24, 2.45) is 5.92 Å². The van der Waals surface area contributed by atoms with E-state index in [4.69, 9.17) is 11.6 Å². The van der Waals surface area contributed by atoms with E-state index in [1.165, 1.54) is 16.8 Å². The van der Waals surface area contributed by atoms with Gasteiger partial charge in [0.15, 0.2) is 5.03 Å². The van der Waals surface area contributed by atoms with Crippen molar-refractivity contribution in [2.45, 2.75) is 24.8 Å². The number of anilines is 1. The van der Waals surface area contributed by atoms with Crippen LogP contribution in [0.3, 0.4) is 0 Å². The van der Waals surface area contributed by atoms with E-state index in [1.54, 1.807) is 12.1 Å². The topological polar surface area (TPSA) is 95.2 Å². The van der Waals surface area contributed by atoms with Crippen LogP contribution in [0.1, 0.15) is 18.4 Å². The van der Waals surface area contributed by atoms with Crippen LogP contribution in [0.15, 0.2) is 35.7 Å². The molecule has 1 aliphatic heterocycles. The summed E-state index contributed by atoms with van der Waals surface area (Å²) in [5, 5.41) is 3.40. The minimum atomic E-state index is -3.58. The van der Waals surface area contributed by atoms with Crippen molar-refractivity contribution < 1.29 is 13.2 Å². The lowest BCUT2D eigenvalue weighted by Crippen LogP contribution is -2.41. The fourth-order valence-corrected chi connectivity index (χ4v) is 4.49. The Morgan fingerprint density at radius 1 is 1.36 bits per heavy atom. The molecule has 2 heterocycles. The van der Waals surface area contributed by atoms with E-state index in [0.717, 1.165) is 5.56 Å². The number of H-pyrrole nitrogens is 1. The zero-order valence-corrected chi connectivity index (χ0v) is 15.3. The molecule has 1 aliphatic rings. The van der Waals surface area contributed by atoms with Gasteiger partial charge in [0.05, 0.1) is 23.2 Å². The largest absolute Gasteiger partial charge is 0.335 e. The number of hydrogen-bond donors (Lipinski definition) is 2. The predicted octanol–water partition coefficient (Wildman–Crippen LogP) is 2.41. The minimum Gasteiger partial charge on any atom is -0.335 e. The second-order valence-corrected chi connectivity index (χ2v) is 8.38. The quantitative estimate of drug-likeness (QED) is 0.848. The highest BCUT2D eigenvalue weighted by molar-refractivity contribution is 7.89. The average molecular weight is 383 g/mol. The summed E-state index contributed by atoms with van der Waals surface area (Å²) in [5.41, 5.74) is 1.59. The van der Waals surface area contributed by atoms with Gasteiger partial charge in [0.2, 0.25) is 5.91 Å². The van der Waals surface area contributed by atoms with Crippen molar-refractivity contribution in [3.63, 3.8) is 0 Å². The molecule has 7 nitrogen and oxygen atoms in total. The van der Waals surface area contributed by atoms with Gasteiger partial charge in [-0.1, -0.05) is 17.7 Å². The second-order valence-electron chi connectivity index (χ2n) is 6.07. The first-order valence-electron chi connectivity index (χ1n) is 7.93. The number of sulfonamides is 1. The molecule has 1 saturated heterocycles. The van der Waals surface area contributed by atoms with Crippen molar-refractivity contribution >= 4 is 33.2 Å². The number of imidazole rings is 1. The Kier molecular flexibility index (Phi) is 5.12. The lowest BCUT2D eigenvalue weighted by atomic mass is 9.97. The summed E-state index contributed by atoms with van der Waals surface area (Å²) in [6, 6.07) is 5.44. The molecule has 1 aromatic heterocycles. The standard InChI is InChI=1S/C16H19ClN4O3S/c1-11-2-3-14(13(17)8-11)20-16(22)12-4-6-21(7-5-12)25(23,24)15-9-18-10-19-15/h2-3,8-10,12H,4-7H2,1H3,(H,18,19)(H,20,22). The maximum atomic E-state index is 12.4. The first-order chi connectivity index (χ1) is 11.9. The van der Waals surface area contributed by atoms with Crippen molar-refractivity contribution in [1.29, 1.82) is 0 Å². The Morgan fingerprint density at radius 2 is 2.08 bits per heavy atom. The molecule has 0 unspecified atom stereocenters. The molecule has 0 bridgehead atoms. The highest BCUT2D eigenvalue weighted by atomic mass is 35.5. The van der Waals surface area contributed by atoms with E-state index in [-0.39, 0.29) is 16.9 Å². The molecule has 0 spiro atoms. The van der Waals surface area contributed by atoms with E-state index >= 15 is 0 Å². The Bertz CT molecular complexity index is 860. The Morgan fingerprint density at radius 3 is 2.68 bits per heavy atom. The number of benzene rings is 1. The van der Waals surface area contributed by atoms with E-state index in [1.807, 2.05) is 13.0 Å². The lowest BCUT2D eigenvalue weighted by molar-refractivity contribution is -0.120. The molecule has 1 amide bonds. The van der Waals surface area contributed by atoms with Gasteiger partial charge in [-0.15, -0.1) is 0 Å². The zero-order chi connectivity index (χ0) is 18.0. The highest BCUT2D eigenvalue weighted by Gasteiger charge is 2.32. The van der Waals surface area contributed by atoms with Gasteiger partial charge in [-0.05, 0) is 37.5 Å². The number of hydrogen-bond acceptors (Lipinski definition) is 4. The number of nitrogens with zero attached hydrogens (tertiary/aromatic N) is 2. The van der Waals surface area contributed by atoms with Gasteiger partial charge < -0.3 is 10.3 Å². The van der Waals surface area contributed by atoms with Gasteiger partial charge in [-0.2, -0.15) is 4.31 Å². The smallest absolute Gasteiger partial charge is 0.260 e. The summed E-state index contributed by atoms with van der Waals surface area (Å²) in [7, 11) is -3.58. The summed E-state index contributed by atoms with van der Waals surface area (Å²) in [4.78, 5) is 18.8. The number of carbonyl (C=O) groups is 1. The molecule has 0 saturated carbocycles. The number of aromatic nitrogens is 2. The van der Waals surface area contributed by atoms with Crippen molar-refractivity contribution in [3.05, 3.63) is 41.3 Å². The van der Waals surface area contributed by atoms with Crippen molar-refractivity contribution in [1.82, 2.24) is 14.3 Å². The number of halogens is 1. The molecule has 3 rings (SSSR count). The SMILES string of the molecule is Cc1ccc(NC(=O)C2CCN(S(=O)(=O)c3cnc[nH]3)CC2)c(Cl)c1. The van der Waals surface area contributed by atoms with Crippen LogP contribution in [0.25, 0.3) is 0 Å². The summed E-state index contributed by atoms with van der Waals surface area (Å²) < 4.78 is 26.2. The van der Waals surface area contributed by atoms with Gasteiger partial charge in [-0.25, -0.2) is 13.4 Å². The van der Waals surface area contributed by atoms with Crippen molar-refractivity contribution in [2.75, 3.05) is 18.4 Å². The molecule has 0 radical (unpaired) electrons. The number of nitrogens with one attached hydrogen (secondary N) is 2. The monoisotopic (exact) mass is 382 g/mol. The number of piperidine rings is 1. The molecule has 1 aromatic carbocycles. The van der Waals surface area contributed by atoms with Crippen LogP contribution in [0.2, 0.25) is 5.02 Å². The molecular formula is C16H19ClN4O3S. The minimum absolute atomic E-state index is 0.0711. The van der Waals surface area contributed by atoms with Crippen LogP contribution in [0, 0.1) is 12.8 Å². The van der Waals surface area contributed by atoms with Gasteiger partial charge in [-0.3, -0.25) is 4.79 Å². The summed E-state index contributed by atoms with van der Waals surface area (Å²) in [5.74, 6) is -0.380. The third kappa shape index (κ3) is 3.86. The number of carbonyl (C=O) groups excluding carboxylic acids is 1. The molecule has 2 aromatic rings. The first-order valence-corrected chi connectivity index (χ1v) is 9.75. The Labute approximate surface area is 151 Å². The third-order valence-corrected chi connectivity index (χ3v) is 6.43. The van der Waals surface area contributed by atoms with E-state index < -0.39 is 10.0 Å². The van der Waals surface area contributed by atoms with Crippen LogP contribution in [-0.4, -0.2) is 41.7 Å². The van der Waals surface area contributed by atoms with Crippen molar-refractivity contribution in [3.8, 4) is 0 Å². The summed E-state index contributed by atoms with van der Waals surface area (Å²) in [6.07, 6.45) is 3.54. The molecule has 0 aliphatic carbocycles. The predicted molar refractivity (Wildman–Crippen MR) is 94.9 cm³/mol. The molecule has 1 fully saturated rings. The van der Waals surface area contributed by atoms with E-state index in [9.17, 15) is 13.2 Å². The fourth-order valence-electron chi connectivity index (χ4n) is 2.84. The maximum Gasteiger partial charge on any atom is 0.260 e. The molecule has 9 heteroatoms. The number of rotatable bonds is 4. The Hall–Kier alpha value is -1.90. The first kappa shape index (κ1) is 17.9. The van der Waals surface area contributed by atoms with Gasteiger partial charge in [0.25, 0.3) is 10.0 Å². The average Bonchev–Trinajstić information content (AvgIpc) is 3.13. The third-order valence-electron chi connectivity index (χ3n) is 4.30. The van der Waals surface area contributed by atoms with Crippen LogP contribution in [-0.2, 0) is 14.8 Å². The van der Waals surface area contributed by atoms with Gasteiger partial charge in [0, 0.05) is 19.0 Å². The summed E-state index contributed by atoms with van der Waals surface area (Å²) >= 11 is 6.14. The molecule has 25 heavy (non-hydrogen) atoms. The van der Waals surface area contributed by atoms with Crippen LogP contribution >= 0.6 is 11.6 Å². The zero-order valence-electron chi connectivity index (χ0n) is 13.7. The molecule has 2 N–H and O–H groups in total. The molecular weight excluding hydrogens is 364 g/mol. The van der Waals surface area contributed by atoms with Crippen LogP contribution in [0.4, 0.5) is 5.69 Å². The van der Waals surface area contributed by atoms with Gasteiger partial charge >= 0.3 is 0 Å². The van der Waals surface area contributed by atoms with Gasteiger partial charge in [0.1, 0.15) is 0 Å². The maximum absolute atomic E-state index is 12.4. The second kappa shape index (κ2) is 7.15. The van der Waals surface area contributed by atoms with Crippen LogP contribution < -0.4 is 5.32 Å². The molecule has 134 valence electrons. The highest BCUT2D eigenvalue weighted by Crippen LogP contribution is 2.27. The summed E-state index contributed by atoms with van der Waals surface area (Å²) in [6.45, 7) is 2.51. The molecule has 0 atom stereocenters. The normalized spacial score (nSPS) is 16.7. The van der Waals surface area contributed by atoms with E-state index in [2.05, 4.69) is 15.3 Å². The number of aryl methyl sites for hydroxylation is 1. The number of amides is 1.